The Morgan fingerprint density at radius 2 is 1.87 bits per heavy atom. The molecule has 4 heteroatoms. The summed E-state index contributed by atoms with van der Waals surface area (Å²) in [4.78, 5) is 22.3. The van der Waals surface area contributed by atoms with E-state index in [0.29, 0.717) is 13.0 Å². The first-order valence-corrected chi connectivity index (χ1v) is 5.47. The fraction of sp³-hybridized carbons (Fsp3) is 0.818. The number of ether oxygens (including phenoxy) is 2. The summed E-state index contributed by atoms with van der Waals surface area (Å²) in [5.41, 5.74) is 0. The second kappa shape index (κ2) is 8.26. The molecule has 0 rings (SSSR count). The summed E-state index contributed by atoms with van der Waals surface area (Å²) in [7, 11) is 0. The van der Waals surface area contributed by atoms with E-state index in [4.69, 9.17) is 9.47 Å². The Labute approximate surface area is 90.9 Å². The van der Waals surface area contributed by atoms with Gasteiger partial charge in [0.1, 0.15) is 0 Å². The number of rotatable bonds is 7. The van der Waals surface area contributed by atoms with Crippen molar-refractivity contribution in [1.82, 2.24) is 0 Å². The summed E-state index contributed by atoms with van der Waals surface area (Å²) in [6.45, 7) is 5.82. The summed E-state index contributed by atoms with van der Waals surface area (Å²) in [6, 6.07) is 0. The fourth-order valence-corrected chi connectivity index (χ4v) is 0.943. The van der Waals surface area contributed by atoms with Crippen LogP contribution in [0.15, 0.2) is 0 Å². The van der Waals surface area contributed by atoms with Crippen LogP contribution >= 0.6 is 0 Å². The zero-order chi connectivity index (χ0) is 11.7. The van der Waals surface area contributed by atoms with Gasteiger partial charge in [-0.15, -0.1) is 0 Å². The third-order valence-corrected chi connectivity index (χ3v) is 1.84. The second-order valence-electron chi connectivity index (χ2n) is 3.40. The highest BCUT2D eigenvalue weighted by atomic mass is 16.6. The molecule has 0 aliphatic carbocycles. The SMILES string of the molecule is CCCCOC(=O)C(C)OC(=O)CCC. The molecule has 0 bridgehead atoms. The van der Waals surface area contributed by atoms with E-state index in [9.17, 15) is 9.59 Å². The van der Waals surface area contributed by atoms with Gasteiger partial charge in [-0.3, -0.25) is 4.79 Å². The van der Waals surface area contributed by atoms with E-state index in [1.807, 2.05) is 13.8 Å². The molecule has 0 amide bonds. The summed E-state index contributed by atoms with van der Waals surface area (Å²) in [5, 5.41) is 0. The Balaban J connectivity index is 3.73. The van der Waals surface area contributed by atoms with Gasteiger partial charge in [0.25, 0.3) is 0 Å². The van der Waals surface area contributed by atoms with Gasteiger partial charge < -0.3 is 9.47 Å². The molecule has 0 fully saturated rings. The molecular formula is C11H20O4. The lowest BCUT2D eigenvalue weighted by molar-refractivity contribution is -0.166. The zero-order valence-corrected chi connectivity index (χ0v) is 9.75. The molecule has 0 radical (unpaired) electrons. The van der Waals surface area contributed by atoms with Crippen LogP contribution in [0.2, 0.25) is 0 Å². The Kier molecular flexibility index (Phi) is 7.68. The van der Waals surface area contributed by atoms with Gasteiger partial charge in [0.2, 0.25) is 0 Å². The molecule has 0 saturated heterocycles. The Morgan fingerprint density at radius 3 is 2.40 bits per heavy atom. The van der Waals surface area contributed by atoms with Gasteiger partial charge in [0.15, 0.2) is 6.10 Å². The van der Waals surface area contributed by atoms with Crippen LogP contribution in [0.25, 0.3) is 0 Å². The van der Waals surface area contributed by atoms with Crippen molar-refractivity contribution in [3.05, 3.63) is 0 Å². The molecule has 0 heterocycles. The molecule has 0 aromatic rings. The van der Waals surface area contributed by atoms with Crippen LogP contribution in [0.5, 0.6) is 0 Å². The van der Waals surface area contributed by atoms with Crippen molar-refractivity contribution in [2.75, 3.05) is 6.61 Å². The first kappa shape index (κ1) is 13.9. The van der Waals surface area contributed by atoms with Crippen molar-refractivity contribution in [2.24, 2.45) is 0 Å². The predicted octanol–water partition coefficient (Wildman–Crippen LogP) is 2.06. The molecule has 0 N–H and O–H groups in total. The molecule has 88 valence electrons. The minimum absolute atomic E-state index is 0.340. The van der Waals surface area contributed by atoms with E-state index in [2.05, 4.69) is 0 Å². The van der Waals surface area contributed by atoms with Crippen molar-refractivity contribution >= 4 is 11.9 Å². The molecule has 0 aliphatic heterocycles. The van der Waals surface area contributed by atoms with E-state index in [1.54, 1.807) is 0 Å². The van der Waals surface area contributed by atoms with Crippen LogP contribution in [0.1, 0.15) is 46.5 Å². The molecule has 1 atom stereocenters. The first-order chi connectivity index (χ1) is 7.11. The average molecular weight is 216 g/mol. The number of esters is 2. The summed E-state index contributed by atoms with van der Waals surface area (Å²) < 4.78 is 9.78. The lowest BCUT2D eigenvalue weighted by Crippen LogP contribution is -2.26. The number of hydrogen-bond acceptors (Lipinski definition) is 4. The normalized spacial score (nSPS) is 11.9. The minimum atomic E-state index is -0.791. The summed E-state index contributed by atoms with van der Waals surface area (Å²) in [5.74, 6) is -0.814. The van der Waals surface area contributed by atoms with Crippen molar-refractivity contribution in [2.45, 2.75) is 52.6 Å². The third-order valence-electron chi connectivity index (χ3n) is 1.84. The maximum atomic E-state index is 11.3. The highest BCUT2D eigenvalue weighted by Crippen LogP contribution is 2.00. The van der Waals surface area contributed by atoms with Gasteiger partial charge in [-0.25, -0.2) is 4.79 Å². The quantitative estimate of drug-likeness (QED) is 0.483. The Hall–Kier alpha value is -1.06. The minimum Gasteiger partial charge on any atom is -0.463 e. The highest BCUT2D eigenvalue weighted by Gasteiger charge is 2.18. The highest BCUT2D eigenvalue weighted by molar-refractivity contribution is 5.78. The van der Waals surface area contributed by atoms with E-state index < -0.39 is 12.1 Å². The van der Waals surface area contributed by atoms with E-state index in [1.165, 1.54) is 6.92 Å². The number of carbonyl (C=O) groups excluding carboxylic acids is 2. The van der Waals surface area contributed by atoms with Gasteiger partial charge in [0.05, 0.1) is 6.61 Å². The molecule has 4 nitrogen and oxygen atoms in total. The lowest BCUT2D eigenvalue weighted by atomic mass is 10.3. The van der Waals surface area contributed by atoms with Gasteiger partial charge in [0, 0.05) is 6.42 Å². The fourth-order valence-electron chi connectivity index (χ4n) is 0.943. The molecule has 0 spiro atoms. The van der Waals surface area contributed by atoms with E-state index >= 15 is 0 Å². The van der Waals surface area contributed by atoms with Gasteiger partial charge >= 0.3 is 11.9 Å². The molecule has 15 heavy (non-hydrogen) atoms. The van der Waals surface area contributed by atoms with Gasteiger partial charge in [-0.05, 0) is 19.8 Å². The Morgan fingerprint density at radius 1 is 1.20 bits per heavy atom. The first-order valence-electron chi connectivity index (χ1n) is 5.47. The Bertz CT molecular complexity index is 201. The van der Waals surface area contributed by atoms with Gasteiger partial charge in [-0.2, -0.15) is 0 Å². The van der Waals surface area contributed by atoms with E-state index in [0.717, 1.165) is 19.3 Å². The van der Waals surface area contributed by atoms with Crippen LogP contribution in [0, 0.1) is 0 Å². The summed E-state index contributed by atoms with van der Waals surface area (Å²) >= 11 is 0. The standard InChI is InChI=1S/C11H20O4/c1-4-6-8-14-11(13)9(3)15-10(12)7-5-2/h9H,4-8H2,1-3H3. The largest absolute Gasteiger partial charge is 0.463 e. The van der Waals surface area contributed by atoms with Crippen LogP contribution in [0.4, 0.5) is 0 Å². The zero-order valence-electron chi connectivity index (χ0n) is 9.75. The van der Waals surface area contributed by atoms with Crippen LogP contribution in [-0.2, 0) is 19.1 Å². The molecular weight excluding hydrogens is 196 g/mol. The van der Waals surface area contributed by atoms with Crippen molar-refractivity contribution in [3.63, 3.8) is 0 Å². The maximum absolute atomic E-state index is 11.3. The topological polar surface area (TPSA) is 52.6 Å². The molecule has 0 aliphatic rings. The smallest absolute Gasteiger partial charge is 0.347 e. The van der Waals surface area contributed by atoms with Crippen molar-refractivity contribution in [1.29, 1.82) is 0 Å². The predicted molar refractivity (Wildman–Crippen MR) is 56.3 cm³/mol. The number of hydrogen-bond donors (Lipinski definition) is 0. The van der Waals surface area contributed by atoms with Gasteiger partial charge in [-0.1, -0.05) is 20.3 Å². The average Bonchev–Trinajstić information content (AvgIpc) is 2.18. The van der Waals surface area contributed by atoms with Crippen LogP contribution in [0.3, 0.4) is 0 Å². The number of unbranched alkanes of at least 4 members (excludes halogenated alkanes) is 1. The lowest BCUT2D eigenvalue weighted by Gasteiger charge is -2.12. The van der Waals surface area contributed by atoms with E-state index in [-0.39, 0.29) is 5.97 Å². The van der Waals surface area contributed by atoms with Crippen molar-refractivity contribution < 1.29 is 19.1 Å². The molecule has 0 aromatic carbocycles. The molecule has 0 aromatic heterocycles. The van der Waals surface area contributed by atoms with Crippen LogP contribution in [-0.4, -0.2) is 24.6 Å². The second-order valence-corrected chi connectivity index (χ2v) is 3.40. The number of carbonyl (C=O) groups is 2. The maximum Gasteiger partial charge on any atom is 0.347 e. The van der Waals surface area contributed by atoms with Crippen molar-refractivity contribution in [3.8, 4) is 0 Å². The summed E-state index contributed by atoms with van der Waals surface area (Å²) in [6.07, 6.45) is 2.07. The third kappa shape index (κ3) is 6.94. The molecule has 0 saturated carbocycles. The van der Waals surface area contributed by atoms with Crippen LogP contribution < -0.4 is 0 Å². The molecule has 1 unspecified atom stereocenters. The monoisotopic (exact) mass is 216 g/mol.